The number of fused-ring (bicyclic) bond motifs is 2. The van der Waals surface area contributed by atoms with E-state index in [-0.39, 0.29) is 11.8 Å². The number of amides is 1. The third kappa shape index (κ3) is 3.24. The van der Waals surface area contributed by atoms with E-state index in [0.717, 1.165) is 44.5 Å². The van der Waals surface area contributed by atoms with Gasteiger partial charge in [-0.1, -0.05) is 20.3 Å². The molecule has 1 saturated heterocycles. The van der Waals surface area contributed by atoms with Crippen LogP contribution in [0.25, 0.3) is 0 Å². The molecule has 0 N–H and O–H groups in total. The van der Waals surface area contributed by atoms with E-state index in [1.54, 1.807) is 19.4 Å². The molecule has 29 heavy (non-hydrogen) atoms. The van der Waals surface area contributed by atoms with Crippen molar-refractivity contribution in [3.05, 3.63) is 30.0 Å². The number of hydrogen-bond donors (Lipinski definition) is 0. The Morgan fingerprint density at radius 3 is 2.93 bits per heavy atom. The molecular weight excluding hydrogens is 368 g/mol. The smallest absolute Gasteiger partial charge is 0.228 e. The number of aromatic nitrogens is 4. The number of ether oxygens (including phenoxy) is 1. The molecule has 0 saturated carbocycles. The highest BCUT2D eigenvalue weighted by Gasteiger charge is 2.52. The van der Waals surface area contributed by atoms with Crippen molar-refractivity contribution in [3.63, 3.8) is 0 Å². The molecule has 2 aliphatic rings. The minimum absolute atomic E-state index is 0.0178. The van der Waals surface area contributed by atoms with Crippen LogP contribution in [0, 0.1) is 5.92 Å². The zero-order valence-corrected chi connectivity index (χ0v) is 17.8. The Hall–Kier alpha value is -2.64. The molecule has 4 heterocycles. The Morgan fingerprint density at radius 1 is 1.34 bits per heavy atom. The first-order valence-electron chi connectivity index (χ1n) is 10.4. The van der Waals surface area contributed by atoms with Gasteiger partial charge < -0.3 is 19.1 Å². The number of hydrogen-bond acceptors (Lipinski definition) is 6. The van der Waals surface area contributed by atoms with E-state index >= 15 is 0 Å². The van der Waals surface area contributed by atoms with Gasteiger partial charge in [0, 0.05) is 50.4 Å². The molecule has 2 aromatic rings. The molecule has 0 radical (unpaired) electrons. The minimum Gasteiger partial charge on any atom is -0.481 e. The highest BCUT2D eigenvalue weighted by atomic mass is 16.5. The van der Waals surface area contributed by atoms with Crippen LogP contribution in [-0.2, 0) is 23.8 Å². The van der Waals surface area contributed by atoms with Gasteiger partial charge in [-0.25, -0.2) is 9.97 Å². The van der Waals surface area contributed by atoms with Gasteiger partial charge in [-0.05, 0) is 12.8 Å². The van der Waals surface area contributed by atoms with Crippen molar-refractivity contribution in [1.82, 2.24) is 24.4 Å². The summed E-state index contributed by atoms with van der Waals surface area (Å²) in [6.45, 7) is 6.32. The van der Waals surface area contributed by atoms with Crippen LogP contribution in [0.1, 0.15) is 44.5 Å². The Morgan fingerprint density at radius 2 is 2.17 bits per heavy atom. The van der Waals surface area contributed by atoms with Gasteiger partial charge in [0.05, 0.1) is 25.7 Å². The largest absolute Gasteiger partial charge is 0.481 e. The van der Waals surface area contributed by atoms with Crippen LogP contribution < -0.4 is 9.64 Å². The molecule has 4 rings (SSSR count). The van der Waals surface area contributed by atoms with Crippen LogP contribution in [0.5, 0.6) is 5.88 Å². The van der Waals surface area contributed by atoms with Crippen LogP contribution in [0.4, 0.5) is 5.95 Å². The summed E-state index contributed by atoms with van der Waals surface area (Å²) in [5, 5.41) is 0. The van der Waals surface area contributed by atoms with Gasteiger partial charge in [0.25, 0.3) is 0 Å². The Labute approximate surface area is 171 Å². The maximum atomic E-state index is 13.4. The number of aryl methyl sites for hydroxylation is 1. The lowest BCUT2D eigenvalue weighted by molar-refractivity contribution is -0.142. The van der Waals surface area contributed by atoms with Crippen LogP contribution >= 0.6 is 0 Å². The third-order valence-corrected chi connectivity index (χ3v) is 6.36. The average molecular weight is 399 g/mol. The van der Waals surface area contributed by atoms with Gasteiger partial charge in [0.15, 0.2) is 0 Å². The van der Waals surface area contributed by atoms with Crippen molar-refractivity contribution in [2.75, 3.05) is 31.6 Å². The molecule has 156 valence electrons. The quantitative estimate of drug-likeness (QED) is 0.768. The first-order valence-corrected chi connectivity index (χ1v) is 10.4. The number of nitrogens with zero attached hydrogens (tertiary/aromatic N) is 6. The highest BCUT2D eigenvalue weighted by molar-refractivity contribution is 5.80. The lowest BCUT2D eigenvalue weighted by Gasteiger charge is -2.45. The molecule has 2 atom stereocenters. The second-order valence-corrected chi connectivity index (χ2v) is 8.18. The van der Waals surface area contributed by atoms with E-state index in [1.807, 2.05) is 20.3 Å². The molecule has 1 spiro atoms. The number of carbonyl (C=O) groups is 1. The Balaban J connectivity index is 1.71. The molecule has 8 heteroatoms. The fraction of sp³-hybridized carbons (Fsp3) is 0.619. The van der Waals surface area contributed by atoms with Crippen molar-refractivity contribution < 1.29 is 9.53 Å². The summed E-state index contributed by atoms with van der Waals surface area (Å²) >= 11 is 0. The first kappa shape index (κ1) is 19.7. The molecule has 1 fully saturated rings. The van der Waals surface area contributed by atoms with Crippen molar-refractivity contribution in [2.24, 2.45) is 13.0 Å². The summed E-state index contributed by atoms with van der Waals surface area (Å²) in [6.07, 6.45) is 7.16. The number of methoxy groups -OCH3 is 1. The van der Waals surface area contributed by atoms with E-state index in [4.69, 9.17) is 9.72 Å². The van der Waals surface area contributed by atoms with Gasteiger partial charge in [-0.2, -0.15) is 4.98 Å². The standard InChI is InChI=1S/C21H30N6O2/c1-5-6-15(2)19(28)27-11-8-16-18(23-14-25(16)3)21(27)9-12-26(13-21)20-22-10-7-17(24-20)29-4/h7,10,14-15H,5-6,8-9,11-13H2,1-4H3. The molecule has 2 unspecified atom stereocenters. The van der Waals surface area contributed by atoms with Crippen molar-refractivity contribution >= 4 is 11.9 Å². The number of imidazole rings is 1. The number of anilines is 1. The van der Waals surface area contributed by atoms with Gasteiger partial charge in [-0.15, -0.1) is 0 Å². The summed E-state index contributed by atoms with van der Waals surface area (Å²) in [5.74, 6) is 1.43. The first-order chi connectivity index (χ1) is 14.0. The lowest BCUT2D eigenvalue weighted by atomic mass is 9.84. The minimum atomic E-state index is -0.430. The number of rotatable bonds is 5. The van der Waals surface area contributed by atoms with Crippen molar-refractivity contribution in [2.45, 2.75) is 45.1 Å². The zero-order chi connectivity index (χ0) is 20.6. The van der Waals surface area contributed by atoms with Gasteiger partial charge in [-0.3, -0.25) is 4.79 Å². The van der Waals surface area contributed by atoms with Crippen LogP contribution in [0.15, 0.2) is 18.6 Å². The zero-order valence-electron chi connectivity index (χ0n) is 17.8. The molecule has 0 aromatic carbocycles. The monoisotopic (exact) mass is 398 g/mol. The SMILES string of the molecule is CCCC(C)C(=O)N1CCc2c(ncn2C)C12CCN(c1nccc(OC)n1)C2. The third-order valence-electron chi connectivity index (χ3n) is 6.36. The molecule has 2 aliphatic heterocycles. The van der Waals surface area contributed by atoms with Crippen molar-refractivity contribution in [3.8, 4) is 5.88 Å². The predicted octanol–water partition coefficient (Wildman–Crippen LogP) is 2.15. The maximum Gasteiger partial charge on any atom is 0.228 e. The maximum absolute atomic E-state index is 13.4. The van der Waals surface area contributed by atoms with E-state index in [1.165, 1.54) is 5.69 Å². The topological polar surface area (TPSA) is 76.4 Å². The molecule has 1 amide bonds. The average Bonchev–Trinajstić information content (AvgIpc) is 3.34. The lowest BCUT2D eigenvalue weighted by Crippen LogP contribution is -2.56. The fourth-order valence-corrected chi connectivity index (χ4v) is 4.82. The normalized spacial score (nSPS) is 22.1. The van der Waals surface area contributed by atoms with Gasteiger partial charge >= 0.3 is 0 Å². The Kier molecular flexibility index (Phi) is 5.19. The predicted molar refractivity (Wildman–Crippen MR) is 110 cm³/mol. The van der Waals surface area contributed by atoms with Gasteiger partial charge in [0.2, 0.25) is 17.7 Å². The van der Waals surface area contributed by atoms with Crippen LogP contribution in [0.2, 0.25) is 0 Å². The number of carbonyl (C=O) groups excluding carboxylic acids is 1. The fourth-order valence-electron chi connectivity index (χ4n) is 4.82. The van der Waals surface area contributed by atoms with E-state index < -0.39 is 5.54 Å². The van der Waals surface area contributed by atoms with E-state index in [0.29, 0.717) is 18.4 Å². The second kappa shape index (κ2) is 7.65. The summed E-state index contributed by atoms with van der Waals surface area (Å²) < 4.78 is 7.37. The second-order valence-electron chi connectivity index (χ2n) is 8.18. The van der Waals surface area contributed by atoms with Crippen molar-refractivity contribution in [1.29, 1.82) is 0 Å². The van der Waals surface area contributed by atoms with Crippen LogP contribution in [-0.4, -0.2) is 57.1 Å². The molecule has 0 bridgehead atoms. The summed E-state index contributed by atoms with van der Waals surface area (Å²) in [7, 11) is 3.64. The summed E-state index contributed by atoms with van der Waals surface area (Å²) in [6, 6.07) is 1.75. The molecule has 2 aromatic heterocycles. The molecule has 0 aliphatic carbocycles. The van der Waals surface area contributed by atoms with Crippen LogP contribution in [0.3, 0.4) is 0 Å². The molecular formula is C21H30N6O2. The summed E-state index contributed by atoms with van der Waals surface area (Å²) in [5.41, 5.74) is 1.83. The van der Waals surface area contributed by atoms with E-state index in [9.17, 15) is 4.79 Å². The highest BCUT2D eigenvalue weighted by Crippen LogP contribution is 2.43. The Bertz CT molecular complexity index is 897. The molecule has 8 nitrogen and oxygen atoms in total. The summed E-state index contributed by atoms with van der Waals surface area (Å²) in [4.78, 5) is 31.4. The van der Waals surface area contributed by atoms with E-state index in [2.05, 4.69) is 31.3 Å². The van der Waals surface area contributed by atoms with Gasteiger partial charge in [0.1, 0.15) is 5.54 Å².